The Balaban J connectivity index is 2.14. The van der Waals surface area contributed by atoms with Gasteiger partial charge in [-0.2, -0.15) is 0 Å². The van der Waals surface area contributed by atoms with Crippen LogP contribution in [0.15, 0.2) is 42.5 Å². The number of nitrogens with one attached hydrogen (secondary N) is 3. The minimum absolute atomic E-state index is 0.240. The standard InChI is InChI=1S/C14H12Cl2N4O2/c15-8-5-9(16)7-10(6-8)18-14(22)19-12-4-2-1-3-11(12)13(21)20-17/h1-7H,17H2,(H,20,21)(H2,18,19,22). The molecule has 0 aliphatic carbocycles. The molecule has 3 amide bonds. The van der Waals surface area contributed by atoms with Crippen LogP contribution in [0, 0.1) is 0 Å². The SMILES string of the molecule is NNC(=O)c1ccccc1NC(=O)Nc1cc(Cl)cc(Cl)c1. The van der Waals surface area contributed by atoms with Crippen molar-refractivity contribution < 1.29 is 9.59 Å². The van der Waals surface area contributed by atoms with E-state index in [0.29, 0.717) is 21.4 Å². The molecular formula is C14H12Cl2N4O2. The summed E-state index contributed by atoms with van der Waals surface area (Å²) < 4.78 is 0. The molecule has 2 aromatic carbocycles. The number of hydrogen-bond acceptors (Lipinski definition) is 3. The second-order valence-electron chi connectivity index (χ2n) is 4.26. The molecule has 0 radical (unpaired) electrons. The van der Waals surface area contributed by atoms with Crippen LogP contribution in [0.4, 0.5) is 16.2 Å². The minimum atomic E-state index is -0.546. The van der Waals surface area contributed by atoms with Crippen molar-refractivity contribution in [2.24, 2.45) is 5.84 Å². The van der Waals surface area contributed by atoms with Crippen molar-refractivity contribution in [1.29, 1.82) is 0 Å². The number of nitrogen functional groups attached to an aromatic ring is 1. The number of halogens is 2. The van der Waals surface area contributed by atoms with Gasteiger partial charge in [0.2, 0.25) is 0 Å². The molecule has 0 spiro atoms. The maximum atomic E-state index is 12.0. The maximum absolute atomic E-state index is 12.0. The number of rotatable bonds is 3. The zero-order chi connectivity index (χ0) is 16.1. The summed E-state index contributed by atoms with van der Waals surface area (Å²) in [5, 5.41) is 5.92. The molecule has 22 heavy (non-hydrogen) atoms. The second-order valence-corrected chi connectivity index (χ2v) is 5.13. The highest BCUT2D eigenvalue weighted by Gasteiger charge is 2.12. The highest BCUT2D eigenvalue weighted by atomic mass is 35.5. The Labute approximate surface area is 136 Å². The van der Waals surface area contributed by atoms with E-state index in [-0.39, 0.29) is 5.56 Å². The molecule has 0 aromatic heterocycles. The molecule has 0 heterocycles. The van der Waals surface area contributed by atoms with Gasteiger partial charge in [-0.25, -0.2) is 10.6 Å². The van der Waals surface area contributed by atoms with Crippen molar-refractivity contribution in [3.05, 3.63) is 58.1 Å². The molecule has 114 valence electrons. The molecule has 0 saturated carbocycles. The van der Waals surface area contributed by atoms with E-state index >= 15 is 0 Å². The fourth-order valence-corrected chi connectivity index (χ4v) is 2.30. The molecule has 2 rings (SSSR count). The predicted octanol–water partition coefficient (Wildman–Crippen LogP) is 3.24. The molecule has 0 fully saturated rings. The van der Waals surface area contributed by atoms with Gasteiger partial charge in [-0.1, -0.05) is 35.3 Å². The van der Waals surface area contributed by atoms with Crippen molar-refractivity contribution in [2.45, 2.75) is 0 Å². The summed E-state index contributed by atoms with van der Waals surface area (Å²) in [6.07, 6.45) is 0. The first-order chi connectivity index (χ1) is 10.5. The number of anilines is 2. The highest BCUT2D eigenvalue weighted by Crippen LogP contribution is 2.23. The minimum Gasteiger partial charge on any atom is -0.308 e. The zero-order valence-electron chi connectivity index (χ0n) is 11.2. The maximum Gasteiger partial charge on any atom is 0.323 e. The van der Waals surface area contributed by atoms with E-state index in [9.17, 15) is 9.59 Å². The number of amides is 3. The van der Waals surface area contributed by atoms with E-state index in [1.165, 1.54) is 6.07 Å². The van der Waals surface area contributed by atoms with Gasteiger partial charge in [0, 0.05) is 15.7 Å². The molecular weight excluding hydrogens is 327 g/mol. The molecule has 2 aromatic rings. The summed E-state index contributed by atoms with van der Waals surface area (Å²) in [6.45, 7) is 0. The highest BCUT2D eigenvalue weighted by molar-refractivity contribution is 6.35. The Bertz CT molecular complexity index is 701. The average molecular weight is 339 g/mol. The van der Waals surface area contributed by atoms with Gasteiger partial charge in [0.1, 0.15) is 0 Å². The topological polar surface area (TPSA) is 96.2 Å². The normalized spacial score (nSPS) is 9.95. The number of hydrazine groups is 1. The first-order valence-electron chi connectivity index (χ1n) is 6.13. The number of carbonyl (C=O) groups excluding carboxylic acids is 2. The summed E-state index contributed by atoms with van der Waals surface area (Å²) in [5.74, 6) is 4.59. The molecule has 0 aliphatic rings. The van der Waals surface area contributed by atoms with E-state index in [2.05, 4.69) is 10.6 Å². The van der Waals surface area contributed by atoms with Crippen LogP contribution >= 0.6 is 23.2 Å². The lowest BCUT2D eigenvalue weighted by Crippen LogP contribution is -2.31. The lowest BCUT2D eigenvalue weighted by molar-refractivity contribution is 0.0954. The van der Waals surface area contributed by atoms with Crippen LogP contribution in [0.2, 0.25) is 10.0 Å². The molecule has 5 N–H and O–H groups in total. The number of carbonyl (C=O) groups is 2. The van der Waals surface area contributed by atoms with Crippen LogP contribution in [0.25, 0.3) is 0 Å². The van der Waals surface area contributed by atoms with Crippen LogP contribution in [0.5, 0.6) is 0 Å². The van der Waals surface area contributed by atoms with Crippen molar-refractivity contribution >= 4 is 46.5 Å². The van der Waals surface area contributed by atoms with Crippen molar-refractivity contribution in [2.75, 3.05) is 10.6 Å². The second kappa shape index (κ2) is 7.13. The fourth-order valence-electron chi connectivity index (χ4n) is 1.78. The number of nitrogens with two attached hydrogens (primary N) is 1. The van der Waals surface area contributed by atoms with Crippen LogP contribution in [-0.2, 0) is 0 Å². The Morgan fingerprint density at radius 1 is 0.955 bits per heavy atom. The number of hydrogen-bond donors (Lipinski definition) is 4. The Kier molecular flexibility index (Phi) is 5.21. The summed E-state index contributed by atoms with van der Waals surface area (Å²) in [7, 11) is 0. The zero-order valence-corrected chi connectivity index (χ0v) is 12.7. The monoisotopic (exact) mass is 338 g/mol. The molecule has 0 atom stereocenters. The van der Waals surface area contributed by atoms with Gasteiger partial charge >= 0.3 is 6.03 Å². The van der Waals surface area contributed by atoms with E-state index in [1.54, 1.807) is 36.4 Å². The van der Waals surface area contributed by atoms with Gasteiger partial charge < -0.3 is 10.6 Å². The number of urea groups is 1. The number of benzene rings is 2. The Hall–Kier alpha value is -2.28. The van der Waals surface area contributed by atoms with E-state index < -0.39 is 11.9 Å². The third kappa shape index (κ3) is 4.11. The lowest BCUT2D eigenvalue weighted by Gasteiger charge is -2.11. The van der Waals surface area contributed by atoms with Gasteiger partial charge in [0.15, 0.2) is 0 Å². The van der Waals surface area contributed by atoms with E-state index in [0.717, 1.165) is 0 Å². The lowest BCUT2D eigenvalue weighted by atomic mass is 10.1. The smallest absolute Gasteiger partial charge is 0.308 e. The summed E-state index contributed by atoms with van der Waals surface area (Å²) in [5.41, 5.74) is 3.00. The van der Waals surface area contributed by atoms with E-state index in [1.807, 2.05) is 5.43 Å². The molecule has 0 aliphatic heterocycles. The first-order valence-corrected chi connectivity index (χ1v) is 6.89. The Morgan fingerprint density at radius 3 is 2.23 bits per heavy atom. The van der Waals surface area contributed by atoms with Gasteiger partial charge in [0.05, 0.1) is 11.3 Å². The third-order valence-electron chi connectivity index (χ3n) is 2.67. The third-order valence-corrected chi connectivity index (χ3v) is 3.11. The van der Waals surface area contributed by atoms with Crippen LogP contribution in [0.1, 0.15) is 10.4 Å². The molecule has 0 saturated heterocycles. The summed E-state index contributed by atoms with van der Waals surface area (Å²) >= 11 is 11.7. The summed E-state index contributed by atoms with van der Waals surface area (Å²) in [6, 6.07) is 10.5. The van der Waals surface area contributed by atoms with Gasteiger partial charge in [0.25, 0.3) is 5.91 Å². The molecule has 0 bridgehead atoms. The number of para-hydroxylation sites is 1. The van der Waals surface area contributed by atoms with Crippen molar-refractivity contribution in [3.8, 4) is 0 Å². The van der Waals surface area contributed by atoms with Crippen LogP contribution < -0.4 is 21.9 Å². The average Bonchev–Trinajstić information content (AvgIpc) is 2.45. The molecule has 8 heteroatoms. The van der Waals surface area contributed by atoms with Gasteiger partial charge in [-0.15, -0.1) is 0 Å². The first kappa shape index (κ1) is 16.1. The van der Waals surface area contributed by atoms with Crippen LogP contribution in [-0.4, -0.2) is 11.9 Å². The van der Waals surface area contributed by atoms with Crippen molar-refractivity contribution in [3.63, 3.8) is 0 Å². The van der Waals surface area contributed by atoms with Crippen LogP contribution in [0.3, 0.4) is 0 Å². The summed E-state index contributed by atoms with van der Waals surface area (Å²) in [4.78, 5) is 23.6. The van der Waals surface area contributed by atoms with Gasteiger partial charge in [-0.05, 0) is 30.3 Å². The quantitative estimate of drug-likeness (QED) is 0.393. The van der Waals surface area contributed by atoms with Crippen molar-refractivity contribution in [1.82, 2.24) is 5.43 Å². The van der Waals surface area contributed by atoms with Gasteiger partial charge in [-0.3, -0.25) is 10.2 Å². The molecule has 6 nitrogen and oxygen atoms in total. The largest absolute Gasteiger partial charge is 0.323 e. The predicted molar refractivity (Wildman–Crippen MR) is 87.2 cm³/mol. The van der Waals surface area contributed by atoms with E-state index in [4.69, 9.17) is 29.0 Å². The Morgan fingerprint density at radius 2 is 1.59 bits per heavy atom. The fraction of sp³-hybridized carbons (Fsp3) is 0. The molecule has 0 unspecified atom stereocenters.